The van der Waals surface area contributed by atoms with Gasteiger partial charge in [0.05, 0.1) is 5.92 Å². The topological polar surface area (TPSA) is 37.3 Å². The Morgan fingerprint density at radius 1 is 1.14 bits per heavy atom. The first-order valence-corrected chi connectivity index (χ1v) is 5.85. The van der Waals surface area contributed by atoms with Crippen LogP contribution in [0.25, 0.3) is 0 Å². The van der Waals surface area contributed by atoms with Crippen LogP contribution in [0.2, 0.25) is 0 Å². The number of carbonyl (C=O) groups is 1. The van der Waals surface area contributed by atoms with Crippen LogP contribution in [0.1, 0.15) is 52.4 Å². The van der Waals surface area contributed by atoms with Crippen molar-refractivity contribution in [3.8, 4) is 0 Å². The molecule has 1 aliphatic rings. The summed E-state index contributed by atoms with van der Waals surface area (Å²) in [5.41, 5.74) is 0. The van der Waals surface area contributed by atoms with Crippen LogP contribution in [-0.2, 0) is 4.79 Å². The molecule has 82 valence electrons. The molecule has 14 heavy (non-hydrogen) atoms. The van der Waals surface area contributed by atoms with Crippen LogP contribution in [0.15, 0.2) is 0 Å². The molecule has 1 rings (SSSR count). The highest BCUT2D eigenvalue weighted by molar-refractivity contribution is 5.69. The van der Waals surface area contributed by atoms with Gasteiger partial charge in [-0.1, -0.05) is 52.4 Å². The summed E-state index contributed by atoms with van der Waals surface area (Å²) in [4.78, 5) is 10.9. The standard InChI is InChI=1S/C12H22O2/c1-9(10(2)12(13)14)11-7-5-3-4-6-8-11/h9-11H,3-8H2,1-2H3,(H,13,14). The summed E-state index contributed by atoms with van der Waals surface area (Å²) in [6, 6.07) is 0. The quantitative estimate of drug-likeness (QED) is 0.706. The van der Waals surface area contributed by atoms with Gasteiger partial charge in [0.1, 0.15) is 0 Å². The summed E-state index contributed by atoms with van der Waals surface area (Å²) in [5, 5.41) is 8.95. The molecule has 0 radical (unpaired) electrons. The van der Waals surface area contributed by atoms with Crippen molar-refractivity contribution in [3.63, 3.8) is 0 Å². The monoisotopic (exact) mass is 198 g/mol. The summed E-state index contributed by atoms with van der Waals surface area (Å²) < 4.78 is 0. The van der Waals surface area contributed by atoms with Crippen molar-refractivity contribution in [2.24, 2.45) is 17.8 Å². The first kappa shape index (κ1) is 11.5. The van der Waals surface area contributed by atoms with E-state index in [-0.39, 0.29) is 5.92 Å². The summed E-state index contributed by atoms with van der Waals surface area (Å²) >= 11 is 0. The van der Waals surface area contributed by atoms with Crippen molar-refractivity contribution in [1.29, 1.82) is 0 Å². The zero-order valence-corrected chi connectivity index (χ0v) is 9.33. The molecule has 0 spiro atoms. The van der Waals surface area contributed by atoms with Crippen molar-refractivity contribution in [2.45, 2.75) is 52.4 Å². The number of carboxylic acid groups (broad SMARTS) is 1. The fourth-order valence-electron chi connectivity index (χ4n) is 2.47. The minimum Gasteiger partial charge on any atom is -0.481 e. The first-order valence-electron chi connectivity index (χ1n) is 5.85. The molecule has 0 saturated heterocycles. The highest BCUT2D eigenvalue weighted by atomic mass is 16.4. The molecule has 0 heterocycles. The third-order valence-corrected chi connectivity index (χ3v) is 3.82. The minimum atomic E-state index is -0.637. The van der Waals surface area contributed by atoms with Crippen LogP contribution in [-0.4, -0.2) is 11.1 Å². The molecule has 1 saturated carbocycles. The van der Waals surface area contributed by atoms with Gasteiger partial charge >= 0.3 is 5.97 Å². The van der Waals surface area contributed by atoms with Crippen molar-refractivity contribution < 1.29 is 9.90 Å². The maximum absolute atomic E-state index is 10.9. The second-order valence-corrected chi connectivity index (χ2v) is 4.74. The van der Waals surface area contributed by atoms with E-state index in [4.69, 9.17) is 5.11 Å². The Kier molecular flexibility index (Phi) is 4.43. The largest absolute Gasteiger partial charge is 0.481 e. The Balaban J connectivity index is 2.48. The lowest BCUT2D eigenvalue weighted by molar-refractivity contribution is -0.143. The van der Waals surface area contributed by atoms with Crippen molar-refractivity contribution in [2.75, 3.05) is 0 Å². The molecule has 0 aromatic carbocycles. The number of aliphatic carboxylic acids is 1. The SMILES string of the molecule is CC(C(=O)O)C(C)C1CCCCCC1. The summed E-state index contributed by atoms with van der Waals surface area (Å²) in [6.07, 6.45) is 7.73. The van der Waals surface area contributed by atoms with Gasteiger partial charge in [-0.15, -0.1) is 0 Å². The maximum Gasteiger partial charge on any atom is 0.306 e. The second kappa shape index (κ2) is 5.38. The maximum atomic E-state index is 10.9. The Morgan fingerprint density at radius 2 is 1.64 bits per heavy atom. The highest BCUT2D eigenvalue weighted by Crippen LogP contribution is 2.32. The molecule has 2 unspecified atom stereocenters. The summed E-state index contributed by atoms with van der Waals surface area (Å²) in [6.45, 7) is 3.95. The van der Waals surface area contributed by atoms with Gasteiger partial charge in [0.2, 0.25) is 0 Å². The van der Waals surface area contributed by atoms with E-state index in [1.807, 2.05) is 6.92 Å². The average Bonchev–Trinajstić information content (AvgIpc) is 2.43. The Hall–Kier alpha value is -0.530. The van der Waals surface area contributed by atoms with E-state index in [2.05, 4.69) is 6.92 Å². The van der Waals surface area contributed by atoms with Crippen LogP contribution in [0.4, 0.5) is 0 Å². The highest BCUT2D eigenvalue weighted by Gasteiger charge is 2.27. The van der Waals surface area contributed by atoms with E-state index in [0.29, 0.717) is 11.8 Å². The van der Waals surface area contributed by atoms with Gasteiger partial charge in [-0.25, -0.2) is 0 Å². The van der Waals surface area contributed by atoms with Crippen molar-refractivity contribution >= 4 is 5.97 Å². The fraction of sp³-hybridized carbons (Fsp3) is 0.917. The molecule has 1 fully saturated rings. The lowest BCUT2D eigenvalue weighted by Gasteiger charge is -2.25. The summed E-state index contributed by atoms with van der Waals surface area (Å²) in [7, 11) is 0. The van der Waals surface area contributed by atoms with E-state index >= 15 is 0 Å². The molecule has 2 heteroatoms. The Bertz CT molecular complexity index is 181. The van der Waals surface area contributed by atoms with Crippen LogP contribution in [0, 0.1) is 17.8 Å². The molecule has 1 aliphatic carbocycles. The molecule has 0 aliphatic heterocycles. The Labute approximate surface area is 86.7 Å². The smallest absolute Gasteiger partial charge is 0.306 e. The third kappa shape index (κ3) is 3.00. The molecule has 0 aromatic heterocycles. The Morgan fingerprint density at radius 3 is 2.07 bits per heavy atom. The van der Waals surface area contributed by atoms with Crippen molar-refractivity contribution in [1.82, 2.24) is 0 Å². The van der Waals surface area contributed by atoms with Gasteiger partial charge < -0.3 is 5.11 Å². The average molecular weight is 198 g/mol. The summed E-state index contributed by atoms with van der Waals surface area (Å²) in [5.74, 6) is 0.161. The van der Waals surface area contributed by atoms with Crippen LogP contribution >= 0.6 is 0 Å². The van der Waals surface area contributed by atoms with E-state index in [0.717, 1.165) is 0 Å². The van der Waals surface area contributed by atoms with E-state index < -0.39 is 5.97 Å². The molecule has 0 aromatic rings. The molecule has 2 atom stereocenters. The van der Waals surface area contributed by atoms with E-state index in [1.165, 1.54) is 38.5 Å². The molecule has 0 amide bonds. The molecular weight excluding hydrogens is 176 g/mol. The third-order valence-electron chi connectivity index (χ3n) is 3.82. The van der Waals surface area contributed by atoms with Gasteiger partial charge in [0, 0.05) is 0 Å². The molecule has 2 nitrogen and oxygen atoms in total. The van der Waals surface area contributed by atoms with Crippen LogP contribution in [0.3, 0.4) is 0 Å². The van der Waals surface area contributed by atoms with Gasteiger partial charge in [-0.2, -0.15) is 0 Å². The van der Waals surface area contributed by atoms with Gasteiger partial charge in [0.15, 0.2) is 0 Å². The molecular formula is C12H22O2. The predicted octanol–water partition coefficient (Wildman–Crippen LogP) is 3.31. The van der Waals surface area contributed by atoms with Gasteiger partial charge in [-0.05, 0) is 11.8 Å². The molecule has 1 N–H and O–H groups in total. The minimum absolute atomic E-state index is 0.182. The normalized spacial score (nSPS) is 23.9. The van der Waals surface area contributed by atoms with Gasteiger partial charge in [-0.3, -0.25) is 4.79 Å². The fourth-order valence-corrected chi connectivity index (χ4v) is 2.47. The van der Waals surface area contributed by atoms with Gasteiger partial charge in [0.25, 0.3) is 0 Å². The van der Waals surface area contributed by atoms with Crippen LogP contribution in [0.5, 0.6) is 0 Å². The lowest BCUT2D eigenvalue weighted by Crippen LogP contribution is -2.24. The van der Waals surface area contributed by atoms with Crippen LogP contribution < -0.4 is 0 Å². The zero-order chi connectivity index (χ0) is 10.6. The predicted molar refractivity (Wildman–Crippen MR) is 57.2 cm³/mol. The van der Waals surface area contributed by atoms with E-state index in [9.17, 15) is 4.79 Å². The lowest BCUT2D eigenvalue weighted by atomic mass is 9.80. The number of carboxylic acids is 1. The number of hydrogen-bond acceptors (Lipinski definition) is 1. The molecule has 0 bridgehead atoms. The number of rotatable bonds is 3. The first-order chi connectivity index (χ1) is 6.63. The van der Waals surface area contributed by atoms with Crippen molar-refractivity contribution in [3.05, 3.63) is 0 Å². The number of hydrogen-bond donors (Lipinski definition) is 1. The zero-order valence-electron chi connectivity index (χ0n) is 9.33. The second-order valence-electron chi connectivity index (χ2n) is 4.74. The van der Waals surface area contributed by atoms with E-state index in [1.54, 1.807) is 0 Å².